The maximum Gasteiger partial charge on any atom is 0.335 e. The molecule has 0 bridgehead atoms. The lowest BCUT2D eigenvalue weighted by atomic mass is 10.2. The Morgan fingerprint density at radius 2 is 1.89 bits per heavy atom. The van der Waals surface area contributed by atoms with Crippen molar-refractivity contribution in [2.45, 2.75) is 31.2 Å². The monoisotopic (exact) mass is 285 g/mol. The number of aryl methyl sites for hydroxylation is 1. The van der Waals surface area contributed by atoms with Crippen molar-refractivity contribution in [1.29, 1.82) is 0 Å². The molecule has 0 aromatic carbocycles. The average molecular weight is 285 g/mol. The molecule has 0 saturated carbocycles. The van der Waals surface area contributed by atoms with Crippen LogP contribution in [0.25, 0.3) is 0 Å². The van der Waals surface area contributed by atoms with Gasteiger partial charge >= 0.3 is 8.56 Å². The van der Waals surface area contributed by atoms with E-state index < -0.39 is 8.56 Å². The van der Waals surface area contributed by atoms with Crippen LogP contribution >= 0.6 is 11.8 Å². The van der Waals surface area contributed by atoms with Gasteiger partial charge in [0.1, 0.15) is 0 Å². The van der Waals surface area contributed by atoms with Crippen LogP contribution in [-0.2, 0) is 15.3 Å². The van der Waals surface area contributed by atoms with E-state index in [9.17, 15) is 0 Å². The number of hydrogen-bond donors (Lipinski definition) is 0. The quantitative estimate of drug-likeness (QED) is 0.687. The molecule has 5 heteroatoms. The van der Waals surface area contributed by atoms with Crippen molar-refractivity contribution in [3.05, 3.63) is 30.1 Å². The molecule has 1 atom stereocenters. The van der Waals surface area contributed by atoms with Gasteiger partial charge in [-0.3, -0.25) is 4.98 Å². The maximum atomic E-state index is 5.52. The SMILES string of the molecule is CO[Si](C)(CC(C)SCCc1ccncc1)OC. The van der Waals surface area contributed by atoms with Crippen molar-refractivity contribution >= 4 is 20.3 Å². The highest BCUT2D eigenvalue weighted by molar-refractivity contribution is 7.99. The Bertz CT molecular complexity index is 333. The molecular formula is C13H23NO2SSi. The van der Waals surface area contributed by atoms with Crippen molar-refractivity contribution in [2.75, 3.05) is 20.0 Å². The molecule has 0 spiro atoms. The molecule has 102 valence electrons. The number of hydrogen-bond acceptors (Lipinski definition) is 4. The molecule has 3 nitrogen and oxygen atoms in total. The van der Waals surface area contributed by atoms with Crippen molar-refractivity contribution < 1.29 is 8.85 Å². The molecule has 0 aliphatic carbocycles. The number of thioether (sulfide) groups is 1. The summed E-state index contributed by atoms with van der Waals surface area (Å²) in [6, 6.07) is 5.18. The first-order valence-electron chi connectivity index (χ1n) is 6.20. The van der Waals surface area contributed by atoms with E-state index in [1.165, 1.54) is 5.56 Å². The third-order valence-corrected chi connectivity index (χ3v) is 7.62. The van der Waals surface area contributed by atoms with Gasteiger partial charge in [-0.1, -0.05) is 6.92 Å². The summed E-state index contributed by atoms with van der Waals surface area (Å²) in [6.07, 6.45) is 4.79. The summed E-state index contributed by atoms with van der Waals surface area (Å²) in [6.45, 7) is 4.37. The second-order valence-electron chi connectivity index (χ2n) is 4.53. The first-order chi connectivity index (χ1) is 8.59. The van der Waals surface area contributed by atoms with E-state index in [1.807, 2.05) is 24.2 Å². The molecule has 0 radical (unpaired) electrons. The maximum absolute atomic E-state index is 5.52. The van der Waals surface area contributed by atoms with Gasteiger partial charge in [0.15, 0.2) is 0 Å². The predicted molar refractivity (Wildman–Crippen MR) is 80.3 cm³/mol. The second kappa shape index (κ2) is 7.94. The minimum atomic E-state index is -1.92. The van der Waals surface area contributed by atoms with Crippen LogP contribution in [0.4, 0.5) is 0 Å². The van der Waals surface area contributed by atoms with Crippen LogP contribution in [0, 0.1) is 0 Å². The van der Waals surface area contributed by atoms with E-state index in [4.69, 9.17) is 8.85 Å². The summed E-state index contributed by atoms with van der Waals surface area (Å²) in [5.74, 6) is 1.13. The Kier molecular flexibility index (Phi) is 6.92. The Balaban J connectivity index is 2.27. The molecule has 0 saturated heterocycles. The van der Waals surface area contributed by atoms with Gasteiger partial charge in [0.05, 0.1) is 0 Å². The number of aromatic nitrogens is 1. The van der Waals surface area contributed by atoms with Gasteiger partial charge in [0.25, 0.3) is 0 Å². The van der Waals surface area contributed by atoms with Gasteiger partial charge in [0, 0.05) is 37.9 Å². The van der Waals surface area contributed by atoms with Crippen molar-refractivity contribution in [2.24, 2.45) is 0 Å². The smallest absolute Gasteiger partial charge is 0.335 e. The summed E-state index contributed by atoms with van der Waals surface area (Å²) in [5, 5.41) is 0.573. The minimum Gasteiger partial charge on any atom is -0.398 e. The van der Waals surface area contributed by atoms with Gasteiger partial charge in [-0.05, 0) is 36.4 Å². The molecule has 1 aromatic heterocycles. The second-order valence-corrected chi connectivity index (χ2v) is 9.57. The molecule has 0 aliphatic rings. The van der Waals surface area contributed by atoms with Crippen LogP contribution in [-0.4, -0.2) is 38.8 Å². The zero-order chi connectivity index (χ0) is 13.4. The molecule has 1 heterocycles. The van der Waals surface area contributed by atoms with Gasteiger partial charge in [-0.15, -0.1) is 0 Å². The number of rotatable bonds is 8. The molecule has 1 rings (SSSR count). The predicted octanol–water partition coefficient (Wildman–Crippen LogP) is 3.11. The van der Waals surface area contributed by atoms with Gasteiger partial charge < -0.3 is 8.85 Å². The van der Waals surface area contributed by atoms with Crippen LogP contribution in [0.15, 0.2) is 24.5 Å². The molecule has 0 amide bonds. The molecular weight excluding hydrogens is 262 g/mol. The molecule has 0 fully saturated rings. The van der Waals surface area contributed by atoms with Crippen molar-refractivity contribution in [3.63, 3.8) is 0 Å². The lowest BCUT2D eigenvalue weighted by molar-refractivity contribution is 0.249. The summed E-state index contributed by atoms with van der Waals surface area (Å²) in [5.41, 5.74) is 1.35. The largest absolute Gasteiger partial charge is 0.398 e. The fraction of sp³-hybridized carbons (Fsp3) is 0.615. The lowest BCUT2D eigenvalue weighted by Gasteiger charge is -2.25. The van der Waals surface area contributed by atoms with E-state index in [0.29, 0.717) is 5.25 Å². The zero-order valence-electron chi connectivity index (χ0n) is 11.7. The highest BCUT2D eigenvalue weighted by Crippen LogP contribution is 2.23. The third-order valence-electron chi connectivity index (χ3n) is 3.06. The highest BCUT2D eigenvalue weighted by atomic mass is 32.2. The highest BCUT2D eigenvalue weighted by Gasteiger charge is 2.30. The summed E-state index contributed by atoms with van der Waals surface area (Å²) in [4.78, 5) is 4.02. The standard InChI is InChI=1S/C13H23NO2SSi/c1-12(11-18(4,15-2)16-3)17-10-7-13-5-8-14-9-6-13/h5-6,8-9,12H,7,10-11H2,1-4H3. The number of nitrogens with zero attached hydrogens (tertiary/aromatic N) is 1. The van der Waals surface area contributed by atoms with Crippen LogP contribution in [0.1, 0.15) is 12.5 Å². The Hall–Kier alpha value is -0.363. The van der Waals surface area contributed by atoms with E-state index in [0.717, 1.165) is 18.2 Å². The van der Waals surface area contributed by atoms with Crippen LogP contribution < -0.4 is 0 Å². The first kappa shape index (κ1) is 15.7. The Morgan fingerprint density at radius 1 is 1.28 bits per heavy atom. The Morgan fingerprint density at radius 3 is 2.44 bits per heavy atom. The summed E-state index contributed by atoms with van der Waals surface area (Å²) >= 11 is 1.98. The average Bonchev–Trinajstić information content (AvgIpc) is 2.40. The minimum absolute atomic E-state index is 0.573. The third kappa shape index (κ3) is 5.52. The normalized spacial score (nSPS) is 13.6. The fourth-order valence-corrected chi connectivity index (χ4v) is 5.44. The van der Waals surface area contributed by atoms with E-state index >= 15 is 0 Å². The molecule has 0 N–H and O–H groups in total. The van der Waals surface area contributed by atoms with Crippen LogP contribution in [0.3, 0.4) is 0 Å². The zero-order valence-corrected chi connectivity index (χ0v) is 13.5. The molecule has 1 aromatic rings. The van der Waals surface area contributed by atoms with Gasteiger partial charge in [-0.25, -0.2) is 0 Å². The van der Waals surface area contributed by atoms with Crippen LogP contribution in [0.5, 0.6) is 0 Å². The van der Waals surface area contributed by atoms with E-state index in [1.54, 1.807) is 14.2 Å². The van der Waals surface area contributed by atoms with Crippen molar-refractivity contribution in [1.82, 2.24) is 4.98 Å². The van der Waals surface area contributed by atoms with E-state index in [2.05, 4.69) is 30.6 Å². The topological polar surface area (TPSA) is 31.4 Å². The lowest BCUT2D eigenvalue weighted by Crippen LogP contribution is -2.38. The summed E-state index contributed by atoms with van der Waals surface area (Å²) in [7, 11) is 1.59. The first-order valence-corrected chi connectivity index (χ1v) is 9.77. The molecule has 1 unspecified atom stereocenters. The van der Waals surface area contributed by atoms with Crippen LogP contribution in [0.2, 0.25) is 12.6 Å². The molecule has 0 aliphatic heterocycles. The fourth-order valence-electron chi connectivity index (χ4n) is 1.76. The van der Waals surface area contributed by atoms with Gasteiger partial charge in [0.2, 0.25) is 0 Å². The van der Waals surface area contributed by atoms with Crippen molar-refractivity contribution in [3.8, 4) is 0 Å². The van der Waals surface area contributed by atoms with Gasteiger partial charge in [-0.2, -0.15) is 11.8 Å². The number of pyridine rings is 1. The Labute approximate surface area is 116 Å². The van der Waals surface area contributed by atoms with E-state index in [-0.39, 0.29) is 0 Å². The molecule has 18 heavy (non-hydrogen) atoms. The summed E-state index contributed by atoms with van der Waals surface area (Å²) < 4.78 is 11.0.